The first-order valence-electron chi connectivity index (χ1n) is 7.31. The number of carbonyl (C=O) groups is 1. The van der Waals surface area contributed by atoms with Crippen molar-refractivity contribution in [3.8, 4) is 0 Å². The summed E-state index contributed by atoms with van der Waals surface area (Å²) in [5.74, 6) is -0.417. The topological polar surface area (TPSA) is 38.3 Å². The molecule has 0 amide bonds. The zero-order valence-electron chi connectivity index (χ0n) is 12.2. The van der Waals surface area contributed by atoms with Gasteiger partial charge in [0.1, 0.15) is 5.82 Å². The number of hydrogen-bond acceptors (Lipinski definition) is 3. The minimum atomic E-state index is -0.398. The maximum atomic E-state index is 13.3. The number of rotatable bonds is 6. The van der Waals surface area contributed by atoms with Gasteiger partial charge in [-0.15, -0.1) is 0 Å². The maximum Gasteiger partial charge on any atom is 0.308 e. The molecular formula is C16H22FNO2. The molecule has 0 bridgehead atoms. The van der Waals surface area contributed by atoms with Gasteiger partial charge in [0.15, 0.2) is 0 Å². The molecule has 3 nitrogen and oxygen atoms in total. The molecule has 2 rings (SSSR count). The van der Waals surface area contributed by atoms with E-state index in [1.54, 1.807) is 12.1 Å². The number of halogens is 1. The molecule has 1 aliphatic carbocycles. The third-order valence-corrected chi connectivity index (χ3v) is 3.87. The van der Waals surface area contributed by atoms with E-state index in [0.29, 0.717) is 13.0 Å². The number of esters is 1. The van der Waals surface area contributed by atoms with Crippen LogP contribution in [0.3, 0.4) is 0 Å². The number of benzene rings is 1. The summed E-state index contributed by atoms with van der Waals surface area (Å²) in [6.07, 6.45) is 2.90. The Morgan fingerprint density at radius 1 is 1.45 bits per heavy atom. The van der Waals surface area contributed by atoms with E-state index in [0.717, 1.165) is 36.9 Å². The molecule has 1 aliphatic rings. The van der Waals surface area contributed by atoms with Gasteiger partial charge in [0.05, 0.1) is 18.6 Å². The normalized spacial score (nSPS) is 20.8. The standard InChI is InChI=1S/C16H22FNO2/c1-3-9-18-16(11-15(19)20-4-2)8-7-12-10-13(17)5-6-14(12)16/h5-6,10,18H,3-4,7-9,11H2,1-2H3. The summed E-state index contributed by atoms with van der Waals surface area (Å²) >= 11 is 0. The van der Waals surface area contributed by atoms with E-state index in [1.807, 2.05) is 6.92 Å². The van der Waals surface area contributed by atoms with E-state index < -0.39 is 5.54 Å². The Balaban J connectivity index is 2.28. The fourth-order valence-corrected chi connectivity index (χ4v) is 2.97. The summed E-state index contributed by atoms with van der Waals surface area (Å²) in [6.45, 7) is 5.11. The van der Waals surface area contributed by atoms with Crippen LogP contribution >= 0.6 is 0 Å². The Hall–Kier alpha value is -1.42. The summed E-state index contributed by atoms with van der Waals surface area (Å²) in [7, 11) is 0. The molecule has 20 heavy (non-hydrogen) atoms. The number of aryl methyl sites for hydroxylation is 1. The van der Waals surface area contributed by atoms with Gasteiger partial charge >= 0.3 is 5.97 Å². The van der Waals surface area contributed by atoms with Gasteiger partial charge in [0.2, 0.25) is 0 Å². The molecule has 0 fully saturated rings. The van der Waals surface area contributed by atoms with E-state index in [9.17, 15) is 9.18 Å². The largest absolute Gasteiger partial charge is 0.466 e. The molecule has 1 N–H and O–H groups in total. The maximum absolute atomic E-state index is 13.3. The number of ether oxygens (including phenoxy) is 1. The van der Waals surface area contributed by atoms with E-state index in [4.69, 9.17) is 4.74 Å². The highest BCUT2D eigenvalue weighted by Gasteiger charge is 2.40. The molecule has 110 valence electrons. The van der Waals surface area contributed by atoms with Gasteiger partial charge in [-0.3, -0.25) is 4.79 Å². The summed E-state index contributed by atoms with van der Waals surface area (Å²) in [5, 5.41) is 3.49. The van der Waals surface area contributed by atoms with E-state index in [2.05, 4.69) is 12.2 Å². The first-order chi connectivity index (χ1) is 9.61. The highest BCUT2D eigenvalue weighted by Crippen LogP contribution is 2.40. The van der Waals surface area contributed by atoms with Crippen molar-refractivity contribution < 1.29 is 13.9 Å². The van der Waals surface area contributed by atoms with Crippen molar-refractivity contribution in [2.75, 3.05) is 13.2 Å². The lowest BCUT2D eigenvalue weighted by atomic mass is 9.88. The van der Waals surface area contributed by atoms with Gasteiger partial charge in [0, 0.05) is 0 Å². The lowest BCUT2D eigenvalue weighted by Crippen LogP contribution is -2.43. The van der Waals surface area contributed by atoms with Crippen molar-refractivity contribution in [1.29, 1.82) is 0 Å². The van der Waals surface area contributed by atoms with Crippen LogP contribution < -0.4 is 5.32 Å². The molecule has 0 heterocycles. The molecular weight excluding hydrogens is 257 g/mol. The van der Waals surface area contributed by atoms with Crippen LogP contribution in [-0.4, -0.2) is 19.1 Å². The lowest BCUT2D eigenvalue weighted by Gasteiger charge is -2.31. The number of nitrogens with one attached hydrogen (secondary N) is 1. The molecule has 4 heteroatoms. The average Bonchev–Trinajstić information content (AvgIpc) is 2.75. The van der Waals surface area contributed by atoms with Crippen LogP contribution in [0.2, 0.25) is 0 Å². The predicted molar refractivity (Wildman–Crippen MR) is 75.9 cm³/mol. The molecule has 0 spiro atoms. The Morgan fingerprint density at radius 3 is 2.95 bits per heavy atom. The quantitative estimate of drug-likeness (QED) is 0.814. The second-order valence-electron chi connectivity index (χ2n) is 5.29. The van der Waals surface area contributed by atoms with Crippen molar-refractivity contribution >= 4 is 5.97 Å². The van der Waals surface area contributed by atoms with Crippen LogP contribution in [0.4, 0.5) is 4.39 Å². The van der Waals surface area contributed by atoms with E-state index in [1.165, 1.54) is 6.07 Å². The van der Waals surface area contributed by atoms with Gasteiger partial charge in [0.25, 0.3) is 0 Å². The third kappa shape index (κ3) is 3.01. The molecule has 1 aromatic rings. The fourth-order valence-electron chi connectivity index (χ4n) is 2.97. The molecule has 1 aromatic carbocycles. The average molecular weight is 279 g/mol. The van der Waals surface area contributed by atoms with Crippen molar-refractivity contribution in [2.24, 2.45) is 0 Å². The van der Waals surface area contributed by atoms with Crippen molar-refractivity contribution in [1.82, 2.24) is 5.32 Å². The van der Waals surface area contributed by atoms with Gasteiger partial charge in [-0.1, -0.05) is 13.0 Å². The summed E-state index contributed by atoms with van der Waals surface area (Å²) in [6, 6.07) is 4.85. The zero-order chi connectivity index (χ0) is 14.6. The van der Waals surface area contributed by atoms with Crippen molar-refractivity contribution in [2.45, 2.75) is 45.1 Å². The van der Waals surface area contributed by atoms with Crippen LogP contribution in [0, 0.1) is 5.82 Å². The summed E-state index contributed by atoms with van der Waals surface area (Å²) in [4.78, 5) is 11.9. The van der Waals surface area contributed by atoms with E-state index >= 15 is 0 Å². The highest BCUT2D eigenvalue weighted by molar-refractivity contribution is 5.72. The lowest BCUT2D eigenvalue weighted by molar-refractivity contribution is -0.145. The predicted octanol–water partition coefficient (Wildman–Crippen LogP) is 2.92. The molecule has 0 saturated carbocycles. The Kier molecular flexibility index (Phi) is 4.76. The second kappa shape index (κ2) is 6.35. The minimum Gasteiger partial charge on any atom is -0.466 e. The monoisotopic (exact) mass is 279 g/mol. The number of carbonyl (C=O) groups excluding carboxylic acids is 1. The van der Waals surface area contributed by atoms with Crippen molar-refractivity contribution in [3.05, 3.63) is 35.1 Å². The molecule has 1 atom stereocenters. The van der Waals surface area contributed by atoms with Crippen molar-refractivity contribution in [3.63, 3.8) is 0 Å². The summed E-state index contributed by atoms with van der Waals surface area (Å²) < 4.78 is 18.4. The van der Waals surface area contributed by atoms with Gasteiger partial charge < -0.3 is 10.1 Å². The molecule has 0 aromatic heterocycles. The zero-order valence-corrected chi connectivity index (χ0v) is 12.2. The fraction of sp³-hybridized carbons (Fsp3) is 0.562. The third-order valence-electron chi connectivity index (χ3n) is 3.87. The highest BCUT2D eigenvalue weighted by atomic mass is 19.1. The first kappa shape index (κ1) is 15.0. The molecule has 1 unspecified atom stereocenters. The van der Waals surface area contributed by atoms with E-state index in [-0.39, 0.29) is 11.8 Å². The van der Waals surface area contributed by atoms with Crippen LogP contribution in [0.25, 0.3) is 0 Å². The molecule has 0 radical (unpaired) electrons. The Labute approximate surface area is 119 Å². The number of hydrogen-bond donors (Lipinski definition) is 1. The molecule has 0 aliphatic heterocycles. The second-order valence-corrected chi connectivity index (χ2v) is 5.29. The minimum absolute atomic E-state index is 0.201. The van der Waals surface area contributed by atoms with Crippen LogP contribution in [0.1, 0.15) is 44.2 Å². The van der Waals surface area contributed by atoms with Gasteiger partial charge in [-0.2, -0.15) is 0 Å². The van der Waals surface area contributed by atoms with Crippen LogP contribution in [0.15, 0.2) is 18.2 Å². The van der Waals surface area contributed by atoms with Gasteiger partial charge in [-0.05, 0) is 56.0 Å². The smallest absolute Gasteiger partial charge is 0.308 e. The Bertz CT molecular complexity index is 489. The number of fused-ring (bicyclic) bond motifs is 1. The molecule has 0 saturated heterocycles. The summed E-state index contributed by atoms with van der Waals surface area (Å²) in [5.41, 5.74) is 1.64. The Morgan fingerprint density at radius 2 is 2.25 bits per heavy atom. The van der Waals surface area contributed by atoms with Gasteiger partial charge in [-0.25, -0.2) is 4.39 Å². The SMILES string of the molecule is CCCNC1(CC(=O)OCC)CCc2cc(F)ccc21. The van der Waals surface area contributed by atoms with Crippen LogP contribution in [0.5, 0.6) is 0 Å². The first-order valence-corrected chi connectivity index (χ1v) is 7.31. The van der Waals surface area contributed by atoms with Crippen LogP contribution in [-0.2, 0) is 21.5 Å².